The zero-order valence-corrected chi connectivity index (χ0v) is 17.0. The van der Waals surface area contributed by atoms with E-state index in [-0.39, 0.29) is 0 Å². The molecule has 5 fully saturated rings. The average molecular weight is 380 g/mol. The summed E-state index contributed by atoms with van der Waals surface area (Å²) in [5, 5.41) is 7.14. The van der Waals surface area contributed by atoms with Crippen molar-refractivity contribution in [2.24, 2.45) is 11.8 Å². The van der Waals surface area contributed by atoms with E-state index in [4.69, 9.17) is 0 Å². The molecule has 0 radical (unpaired) electrons. The standard InChI is InChI=1S/C20H37N5S/c1-2-5-15(6-3-1)20-22-19(23-26-20)16-13-24(14-16)17-7-9-18(10-8-17)25-12-4-11-21-25/h15-23H,1-14H2. The Labute approximate surface area is 163 Å². The van der Waals surface area contributed by atoms with Crippen LogP contribution in [0, 0.1) is 11.8 Å². The molecule has 5 rings (SSSR count). The Bertz CT molecular complexity index is 451. The van der Waals surface area contributed by atoms with Crippen molar-refractivity contribution in [1.82, 2.24) is 25.4 Å². The molecule has 0 bridgehead atoms. The SMILES string of the molecule is C1CCC(C2NC(C3CN(C4CCC(N5CCCN5)CC4)C3)NS2)CC1. The zero-order valence-electron chi connectivity index (χ0n) is 16.2. The van der Waals surface area contributed by atoms with Crippen LogP contribution in [0.5, 0.6) is 0 Å². The molecule has 3 saturated heterocycles. The van der Waals surface area contributed by atoms with E-state index in [0.29, 0.717) is 11.5 Å². The third kappa shape index (κ3) is 3.83. The van der Waals surface area contributed by atoms with Crippen LogP contribution in [-0.4, -0.2) is 59.7 Å². The molecule has 0 amide bonds. The summed E-state index contributed by atoms with van der Waals surface area (Å²) in [7, 11) is 0. The van der Waals surface area contributed by atoms with Crippen LogP contribution in [0.2, 0.25) is 0 Å². The van der Waals surface area contributed by atoms with Crippen LogP contribution < -0.4 is 15.5 Å². The van der Waals surface area contributed by atoms with E-state index in [1.807, 2.05) is 11.9 Å². The largest absolute Gasteiger partial charge is 0.300 e. The highest BCUT2D eigenvalue weighted by Gasteiger charge is 2.42. The van der Waals surface area contributed by atoms with Crippen LogP contribution in [0.25, 0.3) is 0 Å². The van der Waals surface area contributed by atoms with Crippen molar-refractivity contribution in [1.29, 1.82) is 0 Å². The molecule has 2 unspecified atom stereocenters. The fraction of sp³-hybridized carbons (Fsp3) is 1.00. The maximum absolute atomic E-state index is 3.94. The number of likely N-dealkylation sites (tertiary alicyclic amines) is 1. The van der Waals surface area contributed by atoms with Gasteiger partial charge in [0.05, 0.1) is 11.5 Å². The molecule has 26 heavy (non-hydrogen) atoms. The Balaban J connectivity index is 1.03. The summed E-state index contributed by atoms with van der Waals surface area (Å²) < 4.78 is 3.74. The number of hydrazine groups is 1. The fourth-order valence-corrected chi connectivity index (χ4v) is 7.18. The number of hydrogen-bond acceptors (Lipinski definition) is 6. The Hall–Kier alpha value is 0.150. The fourth-order valence-electron chi connectivity index (χ4n) is 5.95. The van der Waals surface area contributed by atoms with Gasteiger partial charge in [-0.05, 0) is 50.9 Å². The van der Waals surface area contributed by atoms with Crippen LogP contribution in [0.1, 0.15) is 64.2 Å². The zero-order chi connectivity index (χ0) is 17.3. The first-order valence-electron chi connectivity index (χ1n) is 11.3. The van der Waals surface area contributed by atoms with Gasteiger partial charge in [0, 0.05) is 44.2 Å². The van der Waals surface area contributed by atoms with Gasteiger partial charge < -0.3 is 0 Å². The quantitative estimate of drug-likeness (QED) is 0.652. The minimum Gasteiger partial charge on any atom is -0.300 e. The summed E-state index contributed by atoms with van der Waals surface area (Å²) in [6.07, 6.45) is 14.7. The van der Waals surface area contributed by atoms with E-state index < -0.39 is 0 Å². The van der Waals surface area contributed by atoms with Crippen LogP contribution in [0.4, 0.5) is 0 Å². The molecule has 5 nitrogen and oxygen atoms in total. The molecule has 3 aliphatic heterocycles. The third-order valence-corrected chi connectivity index (χ3v) is 8.83. The van der Waals surface area contributed by atoms with Gasteiger partial charge in [-0.15, -0.1) is 0 Å². The smallest absolute Gasteiger partial charge is 0.0729 e. The highest BCUT2D eigenvalue weighted by Crippen LogP contribution is 2.36. The van der Waals surface area contributed by atoms with E-state index in [1.54, 1.807) is 0 Å². The Morgan fingerprint density at radius 2 is 1.54 bits per heavy atom. The Kier molecular flexibility index (Phi) is 5.78. The highest BCUT2D eigenvalue weighted by molar-refractivity contribution is 7.98. The molecule has 0 aromatic carbocycles. The molecule has 2 aliphatic carbocycles. The number of rotatable bonds is 4. The van der Waals surface area contributed by atoms with Crippen molar-refractivity contribution in [3.05, 3.63) is 0 Å². The highest BCUT2D eigenvalue weighted by atomic mass is 32.2. The lowest BCUT2D eigenvalue weighted by molar-refractivity contribution is 0.000851. The lowest BCUT2D eigenvalue weighted by Crippen LogP contribution is -2.61. The number of nitrogens with one attached hydrogen (secondary N) is 3. The van der Waals surface area contributed by atoms with E-state index in [1.165, 1.54) is 90.4 Å². The summed E-state index contributed by atoms with van der Waals surface area (Å²) in [5.74, 6) is 1.71. The van der Waals surface area contributed by atoms with Gasteiger partial charge in [-0.2, -0.15) is 0 Å². The monoisotopic (exact) mass is 379 g/mol. The van der Waals surface area contributed by atoms with E-state index in [9.17, 15) is 0 Å². The van der Waals surface area contributed by atoms with Gasteiger partial charge in [0.15, 0.2) is 0 Å². The lowest BCUT2D eigenvalue weighted by Gasteiger charge is -2.49. The molecule has 148 valence electrons. The molecule has 6 heteroatoms. The van der Waals surface area contributed by atoms with Gasteiger partial charge >= 0.3 is 0 Å². The molecular formula is C20H37N5S. The molecular weight excluding hydrogens is 342 g/mol. The van der Waals surface area contributed by atoms with Gasteiger partial charge in [-0.1, -0.05) is 31.2 Å². The van der Waals surface area contributed by atoms with Crippen LogP contribution in [-0.2, 0) is 0 Å². The maximum Gasteiger partial charge on any atom is 0.0729 e. The van der Waals surface area contributed by atoms with Crippen molar-refractivity contribution in [2.75, 3.05) is 26.2 Å². The van der Waals surface area contributed by atoms with Crippen molar-refractivity contribution in [3.8, 4) is 0 Å². The molecule has 2 atom stereocenters. The normalized spacial score (nSPS) is 41.5. The molecule has 0 aromatic rings. The number of nitrogens with zero attached hydrogens (tertiary/aromatic N) is 2. The van der Waals surface area contributed by atoms with Crippen LogP contribution >= 0.6 is 11.9 Å². The second-order valence-electron chi connectivity index (χ2n) is 9.33. The summed E-state index contributed by atoms with van der Waals surface area (Å²) in [6, 6.07) is 1.66. The van der Waals surface area contributed by atoms with Crippen molar-refractivity contribution < 1.29 is 0 Å². The lowest BCUT2D eigenvalue weighted by atomic mass is 9.85. The summed E-state index contributed by atoms with van der Waals surface area (Å²) in [4.78, 5) is 2.78. The van der Waals surface area contributed by atoms with Gasteiger partial charge in [0.2, 0.25) is 0 Å². The Morgan fingerprint density at radius 1 is 0.769 bits per heavy atom. The number of hydrogen-bond donors (Lipinski definition) is 3. The van der Waals surface area contributed by atoms with Gasteiger partial charge in [-0.3, -0.25) is 15.6 Å². The average Bonchev–Trinajstić information content (AvgIpc) is 3.34. The molecule has 0 spiro atoms. The van der Waals surface area contributed by atoms with Crippen LogP contribution in [0.3, 0.4) is 0 Å². The van der Waals surface area contributed by atoms with Crippen molar-refractivity contribution in [3.63, 3.8) is 0 Å². The predicted octanol–water partition coefficient (Wildman–Crippen LogP) is 2.51. The van der Waals surface area contributed by atoms with Gasteiger partial charge in [0.25, 0.3) is 0 Å². The molecule has 3 heterocycles. The summed E-state index contributed by atoms with van der Waals surface area (Å²) in [5.41, 5.74) is 3.57. The van der Waals surface area contributed by atoms with Gasteiger partial charge in [0.1, 0.15) is 0 Å². The minimum absolute atomic E-state index is 0.549. The molecule has 0 aromatic heterocycles. The maximum atomic E-state index is 3.94. The topological polar surface area (TPSA) is 42.6 Å². The van der Waals surface area contributed by atoms with E-state index in [0.717, 1.165) is 23.9 Å². The second kappa shape index (κ2) is 8.26. The first-order chi connectivity index (χ1) is 12.9. The molecule has 5 aliphatic rings. The first-order valence-corrected chi connectivity index (χ1v) is 12.2. The van der Waals surface area contributed by atoms with Gasteiger partial charge in [-0.25, -0.2) is 9.73 Å². The molecule has 3 N–H and O–H groups in total. The first kappa shape index (κ1) is 18.2. The second-order valence-corrected chi connectivity index (χ2v) is 10.3. The third-order valence-electron chi connectivity index (χ3n) is 7.67. The van der Waals surface area contributed by atoms with E-state index >= 15 is 0 Å². The summed E-state index contributed by atoms with van der Waals surface area (Å²) >= 11 is 1.99. The van der Waals surface area contributed by atoms with E-state index in [2.05, 4.69) is 25.4 Å². The Morgan fingerprint density at radius 3 is 2.27 bits per heavy atom. The summed E-state index contributed by atoms with van der Waals surface area (Å²) in [6.45, 7) is 5.06. The minimum atomic E-state index is 0.549. The molecule has 2 saturated carbocycles. The van der Waals surface area contributed by atoms with Crippen LogP contribution in [0.15, 0.2) is 0 Å². The van der Waals surface area contributed by atoms with Crippen molar-refractivity contribution >= 4 is 11.9 Å². The predicted molar refractivity (Wildman–Crippen MR) is 108 cm³/mol. The van der Waals surface area contributed by atoms with Crippen molar-refractivity contribution in [2.45, 2.75) is 87.8 Å².